The summed E-state index contributed by atoms with van der Waals surface area (Å²) < 4.78 is 15.7. The summed E-state index contributed by atoms with van der Waals surface area (Å²) in [4.78, 5) is 24.0. The highest BCUT2D eigenvalue weighted by Gasteiger charge is 2.08. The molecule has 0 heterocycles. The lowest BCUT2D eigenvalue weighted by Gasteiger charge is -2.09. The van der Waals surface area contributed by atoms with Crippen LogP contribution >= 0.6 is 0 Å². The van der Waals surface area contributed by atoms with Crippen molar-refractivity contribution in [2.24, 2.45) is 0 Å². The number of amides is 1. The van der Waals surface area contributed by atoms with Crippen LogP contribution in [-0.4, -0.2) is 32.2 Å². The molecule has 1 amide bonds. The molecule has 0 unspecified atom stereocenters. The number of rotatable bonds is 11. The Morgan fingerprint density at radius 3 is 2.21 bits per heavy atom. The average Bonchev–Trinajstić information content (AvgIpc) is 2.73. The summed E-state index contributed by atoms with van der Waals surface area (Å²) in [5.74, 6) is 0.656. The second-order valence-electron chi connectivity index (χ2n) is 6.29. The van der Waals surface area contributed by atoms with Crippen LogP contribution < -0.4 is 14.8 Å². The summed E-state index contributed by atoms with van der Waals surface area (Å²) in [7, 11) is 1.59. The normalized spacial score (nSPS) is 10.2. The molecule has 2 aromatic rings. The lowest BCUT2D eigenvalue weighted by Crippen LogP contribution is -2.20. The van der Waals surface area contributed by atoms with Gasteiger partial charge in [0.05, 0.1) is 19.3 Å². The molecular formula is C22H27NO5. The predicted octanol–water partition coefficient (Wildman–Crippen LogP) is 4.45. The maximum atomic E-state index is 12.0. The van der Waals surface area contributed by atoms with Gasteiger partial charge in [-0.1, -0.05) is 26.2 Å². The van der Waals surface area contributed by atoms with Crippen molar-refractivity contribution in [1.29, 1.82) is 0 Å². The summed E-state index contributed by atoms with van der Waals surface area (Å²) in [6, 6.07) is 13.6. The smallest absolute Gasteiger partial charge is 0.338 e. The van der Waals surface area contributed by atoms with Gasteiger partial charge < -0.3 is 19.5 Å². The van der Waals surface area contributed by atoms with E-state index in [0.717, 1.165) is 31.4 Å². The Balaban J connectivity index is 1.74. The maximum absolute atomic E-state index is 12.0. The molecule has 6 heteroatoms. The first-order valence-electron chi connectivity index (χ1n) is 9.46. The van der Waals surface area contributed by atoms with Gasteiger partial charge in [-0.15, -0.1) is 0 Å². The SMILES string of the molecule is CCCCCCOC(=O)c1ccc(NC(=O)COc2ccc(OC)cc2)cc1. The van der Waals surface area contributed by atoms with Gasteiger partial charge in [0.2, 0.25) is 0 Å². The fourth-order valence-corrected chi connectivity index (χ4v) is 2.48. The highest BCUT2D eigenvalue weighted by atomic mass is 16.5. The first-order valence-corrected chi connectivity index (χ1v) is 9.46. The largest absolute Gasteiger partial charge is 0.497 e. The van der Waals surface area contributed by atoms with Gasteiger partial charge in [0, 0.05) is 5.69 Å². The molecule has 6 nitrogen and oxygen atoms in total. The van der Waals surface area contributed by atoms with Gasteiger partial charge in [0.15, 0.2) is 6.61 Å². The number of esters is 1. The minimum absolute atomic E-state index is 0.117. The van der Waals surface area contributed by atoms with Crippen LogP contribution in [0.2, 0.25) is 0 Å². The number of methoxy groups -OCH3 is 1. The van der Waals surface area contributed by atoms with E-state index >= 15 is 0 Å². The van der Waals surface area contributed by atoms with E-state index in [1.807, 2.05) is 0 Å². The van der Waals surface area contributed by atoms with Crippen LogP contribution in [0.4, 0.5) is 5.69 Å². The zero-order chi connectivity index (χ0) is 20.2. The molecule has 0 radical (unpaired) electrons. The van der Waals surface area contributed by atoms with Crippen molar-refractivity contribution in [2.45, 2.75) is 32.6 Å². The first-order chi connectivity index (χ1) is 13.6. The summed E-state index contributed by atoms with van der Waals surface area (Å²) in [5, 5.41) is 2.73. The van der Waals surface area contributed by atoms with Crippen LogP contribution in [0.1, 0.15) is 43.0 Å². The molecule has 0 saturated carbocycles. The number of ether oxygens (including phenoxy) is 3. The third-order valence-electron chi connectivity index (χ3n) is 4.06. The zero-order valence-electron chi connectivity index (χ0n) is 16.4. The molecule has 0 aliphatic carbocycles. The minimum Gasteiger partial charge on any atom is -0.497 e. The van der Waals surface area contributed by atoms with E-state index in [1.165, 1.54) is 0 Å². The van der Waals surface area contributed by atoms with Crippen LogP contribution in [0, 0.1) is 0 Å². The lowest BCUT2D eigenvalue weighted by atomic mass is 10.2. The molecule has 150 valence electrons. The van der Waals surface area contributed by atoms with Gasteiger partial charge in [0.1, 0.15) is 11.5 Å². The average molecular weight is 385 g/mol. The number of carbonyl (C=O) groups excluding carboxylic acids is 2. The van der Waals surface area contributed by atoms with E-state index in [0.29, 0.717) is 23.6 Å². The fraction of sp³-hybridized carbons (Fsp3) is 0.364. The fourth-order valence-electron chi connectivity index (χ4n) is 2.48. The maximum Gasteiger partial charge on any atom is 0.338 e. The van der Waals surface area contributed by atoms with Crippen molar-refractivity contribution in [1.82, 2.24) is 0 Å². The first kappa shape index (κ1) is 21.3. The number of hydrogen-bond acceptors (Lipinski definition) is 5. The van der Waals surface area contributed by atoms with Gasteiger partial charge in [-0.2, -0.15) is 0 Å². The number of nitrogens with one attached hydrogen (secondary N) is 1. The lowest BCUT2D eigenvalue weighted by molar-refractivity contribution is -0.118. The molecule has 0 saturated heterocycles. The second-order valence-corrected chi connectivity index (χ2v) is 6.29. The number of hydrogen-bond donors (Lipinski definition) is 1. The molecule has 0 spiro atoms. The number of benzene rings is 2. The van der Waals surface area contributed by atoms with E-state index in [4.69, 9.17) is 14.2 Å². The quantitative estimate of drug-likeness (QED) is 0.457. The highest BCUT2D eigenvalue weighted by molar-refractivity contribution is 5.93. The van der Waals surface area contributed by atoms with Gasteiger partial charge >= 0.3 is 5.97 Å². The Labute approximate surface area is 165 Å². The molecule has 0 atom stereocenters. The Hall–Kier alpha value is -3.02. The van der Waals surface area contributed by atoms with Crippen LogP contribution in [0.5, 0.6) is 11.5 Å². The van der Waals surface area contributed by atoms with Crippen molar-refractivity contribution < 1.29 is 23.8 Å². The number of unbranched alkanes of at least 4 members (excludes halogenated alkanes) is 3. The van der Waals surface area contributed by atoms with E-state index in [-0.39, 0.29) is 18.5 Å². The Morgan fingerprint density at radius 1 is 0.893 bits per heavy atom. The van der Waals surface area contributed by atoms with Crippen LogP contribution in [0.3, 0.4) is 0 Å². The van der Waals surface area contributed by atoms with Crippen LogP contribution in [0.25, 0.3) is 0 Å². The third kappa shape index (κ3) is 7.31. The summed E-state index contributed by atoms with van der Waals surface area (Å²) >= 11 is 0. The summed E-state index contributed by atoms with van der Waals surface area (Å²) in [6.07, 6.45) is 4.23. The molecule has 1 N–H and O–H groups in total. The van der Waals surface area contributed by atoms with E-state index in [1.54, 1.807) is 55.6 Å². The predicted molar refractivity (Wildman–Crippen MR) is 108 cm³/mol. The van der Waals surface area contributed by atoms with Crippen molar-refractivity contribution in [3.8, 4) is 11.5 Å². The molecular weight excluding hydrogens is 358 g/mol. The molecule has 0 fully saturated rings. The van der Waals surface area contributed by atoms with Crippen molar-refractivity contribution >= 4 is 17.6 Å². The molecule has 2 rings (SSSR count). The number of carbonyl (C=O) groups is 2. The monoisotopic (exact) mass is 385 g/mol. The van der Waals surface area contributed by atoms with Gasteiger partial charge in [-0.05, 0) is 55.0 Å². The molecule has 2 aromatic carbocycles. The summed E-state index contributed by atoms with van der Waals surface area (Å²) in [6.45, 7) is 2.45. The Morgan fingerprint density at radius 2 is 1.57 bits per heavy atom. The Kier molecular flexibility index (Phi) is 8.85. The molecule has 0 aliphatic rings. The number of anilines is 1. The third-order valence-corrected chi connectivity index (χ3v) is 4.06. The van der Waals surface area contributed by atoms with Gasteiger partial charge in [-0.3, -0.25) is 4.79 Å². The minimum atomic E-state index is -0.350. The van der Waals surface area contributed by atoms with Gasteiger partial charge in [0.25, 0.3) is 5.91 Å². The van der Waals surface area contributed by atoms with Crippen LogP contribution in [0.15, 0.2) is 48.5 Å². The van der Waals surface area contributed by atoms with E-state index in [2.05, 4.69) is 12.2 Å². The van der Waals surface area contributed by atoms with Crippen LogP contribution in [-0.2, 0) is 9.53 Å². The van der Waals surface area contributed by atoms with Crippen molar-refractivity contribution in [2.75, 3.05) is 25.6 Å². The Bertz CT molecular complexity index is 741. The molecule has 0 bridgehead atoms. The second kappa shape index (κ2) is 11.6. The van der Waals surface area contributed by atoms with E-state index in [9.17, 15) is 9.59 Å². The molecule has 0 aromatic heterocycles. The molecule has 0 aliphatic heterocycles. The standard InChI is InChI=1S/C22H27NO5/c1-3-4-5-6-15-27-22(25)17-7-9-18(10-8-17)23-21(24)16-28-20-13-11-19(26-2)12-14-20/h7-14H,3-6,15-16H2,1-2H3,(H,23,24). The van der Waals surface area contributed by atoms with E-state index < -0.39 is 0 Å². The van der Waals surface area contributed by atoms with Crippen molar-refractivity contribution in [3.63, 3.8) is 0 Å². The van der Waals surface area contributed by atoms with Crippen molar-refractivity contribution in [3.05, 3.63) is 54.1 Å². The highest BCUT2D eigenvalue weighted by Crippen LogP contribution is 2.17. The molecule has 28 heavy (non-hydrogen) atoms. The summed E-state index contributed by atoms with van der Waals surface area (Å²) in [5.41, 5.74) is 1.05. The topological polar surface area (TPSA) is 73.9 Å². The van der Waals surface area contributed by atoms with Gasteiger partial charge in [-0.25, -0.2) is 4.79 Å². The zero-order valence-corrected chi connectivity index (χ0v) is 16.4.